The summed E-state index contributed by atoms with van der Waals surface area (Å²) in [6.07, 6.45) is 1.02. The first-order valence-corrected chi connectivity index (χ1v) is 6.81. The van der Waals surface area contributed by atoms with Gasteiger partial charge in [-0.1, -0.05) is 29.3 Å². The van der Waals surface area contributed by atoms with Gasteiger partial charge in [-0.15, -0.1) is 0 Å². The van der Waals surface area contributed by atoms with Crippen LogP contribution in [0.25, 0.3) is 0 Å². The van der Waals surface area contributed by atoms with Crippen molar-refractivity contribution in [3.8, 4) is 0 Å². The Hall–Kier alpha value is -0.280. The SMILES string of the molecule is CC(Cc1ccc(Cl)c(Cl)c1)N1CCNCC1. The number of rotatable bonds is 3. The van der Waals surface area contributed by atoms with E-state index >= 15 is 0 Å². The number of hydrogen-bond donors (Lipinski definition) is 1. The molecule has 94 valence electrons. The molecule has 0 saturated carbocycles. The Morgan fingerprint density at radius 1 is 1.24 bits per heavy atom. The van der Waals surface area contributed by atoms with Gasteiger partial charge in [0.05, 0.1) is 10.0 Å². The Bertz CT molecular complexity index is 376. The largest absolute Gasteiger partial charge is 0.314 e. The van der Waals surface area contributed by atoms with Gasteiger partial charge < -0.3 is 5.32 Å². The fourth-order valence-electron chi connectivity index (χ4n) is 2.26. The summed E-state index contributed by atoms with van der Waals surface area (Å²) in [4.78, 5) is 2.51. The van der Waals surface area contributed by atoms with Crippen molar-refractivity contribution in [3.05, 3.63) is 33.8 Å². The maximum absolute atomic E-state index is 6.03. The molecule has 1 heterocycles. The van der Waals surface area contributed by atoms with Crippen LogP contribution < -0.4 is 5.32 Å². The van der Waals surface area contributed by atoms with Gasteiger partial charge in [-0.3, -0.25) is 4.90 Å². The number of nitrogens with zero attached hydrogens (tertiary/aromatic N) is 1. The quantitative estimate of drug-likeness (QED) is 0.911. The molecule has 0 aliphatic carbocycles. The van der Waals surface area contributed by atoms with Crippen LogP contribution in [0.15, 0.2) is 18.2 Å². The second kappa shape index (κ2) is 6.05. The molecule has 0 bridgehead atoms. The molecule has 4 heteroatoms. The molecule has 1 aliphatic rings. The molecule has 1 aromatic carbocycles. The van der Waals surface area contributed by atoms with Crippen LogP contribution in [-0.2, 0) is 6.42 Å². The van der Waals surface area contributed by atoms with Gasteiger partial charge in [0.15, 0.2) is 0 Å². The van der Waals surface area contributed by atoms with E-state index in [1.807, 2.05) is 12.1 Å². The summed E-state index contributed by atoms with van der Waals surface area (Å²) in [5, 5.41) is 4.65. The predicted octanol–water partition coefficient (Wildman–Crippen LogP) is 2.83. The number of benzene rings is 1. The number of hydrogen-bond acceptors (Lipinski definition) is 2. The van der Waals surface area contributed by atoms with Crippen molar-refractivity contribution in [2.24, 2.45) is 0 Å². The van der Waals surface area contributed by atoms with Gasteiger partial charge in [0.1, 0.15) is 0 Å². The predicted molar refractivity (Wildman–Crippen MR) is 74.1 cm³/mol. The zero-order valence-electron chi connectivity index (χ0n) is 10.0. The van der Waals surface area contributed by atoms with Gasteiger partial charge >= 0.3 is 0 Å². The zero-order valence-corrected chi connectivity index (χ0v) is 11.6. The minimum Gasteiger partial charge on any atom is -0.314 e. The van der Waals surface area contributed by atoms with Crippen molar-refractivity contribution in [1.82, 2.24) is 10.2 Å². The van der Waals surface area contributed by atoms with Crippen molar-refractivity contribution < 1.29 is 0 Å². The van der Waals surface area contributed by atoms with Gasteiger partial charge in [-0.05, 0) is 31.0 Å². The van der Waals surface area contributed by atoms with Crippen molar-refractivity contribution in [2.75, 3.05) is 26.2 Å². The van der Waals surface area contributed by atoms with E-state index < -0.39 is 0 Å². The zero-order chi connectivity index (χ0) is 12.3. The summed E-state index contributed by atoms with van der Waals surface area (Å²) in [5.74, 6) is 0. The Labute approximate surface area is 113 Å². The monoisotopic (exact) mass is 272 g/mol. The van der Waals surface area contributed by atoms with Gasteiger partial charge in [0.25, 0.3) is 0 Å². The van der Waals surface area contributed by atoms with Crippen LogP contribution in [0.2, 0.25) is 10.0 Å². The molecule has 1 atom stereocenters. The van der Waals surface area contributed by atoms with Crippen molar-refractivity contribution in [1.29, 1.82) is 0 Å². The Balaban J connectivity index is 1.96. The Morgan fingerprint density at radius 3 is 2.59 bits per heavy atom. The minimum absolute atomic E-state index is 0.550. The van der Waals surface area contributed by atoms with E-state index in [1.54, 1.807) is 0 Å². The van der Waals surface area contributed by atoms with E-state index in [0.29, 0.717) is 16.1 Å². The molecule has 1 aromatic rings. The third-order valence-electron chi connectivity index (χ3n) is 3.29. The van der Waals surface area contributed by atoms with Crippen molar-refractivity contribution >= 4 is 23.2 Å². The highest BCUT2D eigenvalue weighted by Crippen LogP contribution is 2.23. The van der Waals surface area contributed by atoms with E-state index in [4.69, 9.17) is 23.2 Å². The van der Waals surface area contributed by atoms with Crippen molar-refractivity contribution in [3.63, 3.8) is 0 Å². The number of nitrogens with one attached hydrogen (secondary N) is 1. The molecular formula is C13H18Cl2N2. The lowest BCUT2D eigenvalue weighted by molar-refractivity contribution is 0.183. The molecule has 1 unspecified atom stereocenters. The van der Waals surface area contributed by atoms with Crippen LogP contribution in [0.4, 0.5) is 0 Å². The normalized spacial score (nSPS) is 19.2. The second-order valence-electron chi connectivity index (χ2n) is 4.59. The first-order chi connectivity index (χ1) is 8.16. The number of halogens is 2. The van der Waals surface area contributed by atoms with Crippen LogP contribution in [0.3, 0.4) is 0 Å². The van der Waals surface area contributed by atoms with Gasteiger partial charge in [-0.25, -0.2) is 0 Å². The molecule has 2 rings (SSSR count). The summed E-state index contributed by atoms with van der Waals surface area (Å²) in [6.45, 7) is 6.70. The molecule has 0 aromatic heterocycles. The molecule has 1 saturated heterocycles. The van der Waals surface area contributed by atoms with E-state index in [9.17, 15) is 0 Å². The molecular weight excluding hydrogens is 255 g/mol. The summed E-state index contributed by atoms with van der Waals surface area (Å²) in [7, 11) is 0. The first kappa shape index (κ1) is 13.2. The number of piperazine rings is 1. The summed E-state index contributed by atoms with van der Waals surface area (Å²) >= 11 is 11.9. The van der Waals surface area contributed by atoms with Crippen LogP contribution in [-0.4, -0.2) is 37.1 Å². The lowest BCUT2D eigenvalue weighted by atomic mass is 10.1. The lowest BCUT2D eigenvalue weighted by Crippen LogP contribution is -2.48. The molecule has 1 aliphatic heterocycles. The fourth-order valence-corrected chi connectivity index (χ4v) is 2.58. The molecule has 0 radical (unpaired) electrons. The summed E-state index contributed by atoms with van der Waals surface area (Å²) < 4.78 is 0. The molecule has 2 nitrogen and oxygen atoms in total. The highest BCUT2D eigenvalue weighted by molar-refractivity contribution is 6.42. The smallest absolute Gasteiger partial charge is 0.0595 e. The highest BCUT2D eigenvalue weighted by Gasteiger charge is 2.16. The lowest BCUT2D eigenvalue weighted by Gasteiger charge is -2.32. The molecule has 17 heavy (non-hydrogen) atoms. The Morgan fingerprint density at radius 2 is 1.94 bits per heavy atom. The second-order valence-corrected chi connectivity index (χ2v) is 5.40. The third-order valence-corrected chi connectivity index (χ3v) is 4.03. The van der Waals surface area contributed by atoms with Crippen LogP contribution in [0.1, 0.15) is 12.5 Å². The van der Waals surface area contributed by atoms with Gasteiger partial charge in [-0.2, -0.15) is 0 Å². The van der Waals surface area contributed by atoms with Gasteiger partial charge in [0, 0.05) is 32.2 Å². The van der Waals surface area contributed by atoms with Gasteiger partial charge in [0.2, 0.25) is 0 Å². The van der Waals surface area contributed by atoms with Crippen molar-refractivity contribution in [2.45, 2.75) is 19.4 Å². The molecule has 0 amide bonds. The van der Waals surface area contributed by atoms with E-state index in [-0.39, 0.29) is 0 Å². The van der Waals surface area contributed by atoms with E-state index in [2.05, 4.69) is 23.2 Å². The first-order valence-electron chi connectivity index (χ1n) is 6.05. The summed E-state index contributed by atoms with van der Waals surface area (Å²) in [6, 6.07) is 6.47. The average molecular weight is 273 g/mol. The van der Waals surface area contributed by atoms with Crippen LogP contribution >= 0.6 is 23.2 Å². The minimum atomic E-state index is 0.550. The van der Waals surface area contributed by atoms with Crippen LogP contribution in [0.5, 0.6) is 0 Å². The highest BCUT2D eigenvalue weighted by atomic mass is 35.5. The third kappa shape index (κ3) is 3.59. The molecule has 1 N–H and O–H groups in total. The van der Waals surface area contributed by atoms with E-state index in [1.165, 1.54) is 5.56 Å². The summed E-state index contributed by atoms with van der Waals surface area (Å²) in [5.41, 5.74) is 1.26. The standard InChI is InChI=1S/C13H18Cl2N2/c1-10(17-6-4-16-5-7-17)8-11-2-3-12(14)13(15)9-11/h2-3,9-10,16H,4-8H2,1H3. The topological polar surface area (TPSA) is 15.3 Å². The Kier molecular flexibility index (Phi) is 4.69. The molecule has 0 spiro atoms. The van der Waals surface area contributed by atoms with E-state index in [0.717, 1.165) is 32.6 Å². The maximum Gasteiger partial charge on any atom is 0.0595 e. The van der Waals surface area contributed by atoms with Crippen LogP contribution in [0, 0.1) is 0 Å². The fraction of sp³-hybridized carbons (Fsp3) is 0.538. The molecule has 1 fully saturated rings. The average Bonchev–Trinajstić information content (AvgIpc) is 2.35. The maximum atomic E-state index is 6.03.